The van der Waals surface area contributed by atoms with E-state index in [-0.39, 0.29) is 35.9 Å². The van der Waals surface area contributed by atoms with Gasteiger partial charge in [-0.3, -0.25) is 4.79 Å². The highest BCUT2D eigenvalue weighted by atomic mass is 32.2. The summed E-state index contributed by atoms with van der Waals surface area (Å²) in [6, 6.07) is 11.3. The molecule has 1 N–H and O–H groups in total. The monoisotopic (exact) mass is 444 g/mol. The lowest BCUT2D eigenvalue weighted by Crippen LogP contribution is -2.43. The van der Waals surface area contributed by atoms with Crippen molar-refractivity contribution in [2.45, 2.75) is 56.4 Å². The molecule has 166 valence electrons. The SMILES string of the molecule is C[C@@H](NC(=O)C1CCN(S(=O)(=O)c2ccc(F)cc2)CC1)c1ccc2c(c1)CCCC2. The van der Waals surface area contributed by atoms with E-state index in [4.69, 9.17) is 0 Å². The van der Waals surface area contributed by atoms with Crippen LogP contribution in [0.4, 0.5) is 4.39 Å². The van der Waals surface area contributed by atoms with Gasteiger partial charge in [-0.2, -0.15) is 4.31 Å². The van der Waals surface area contributed by atoms with Crippen LogP contribution in [0.1, 0.15) is 55.3 Å². The van der Waals surface area contributed by atoms with Crippen LogP contribution in [-0.4, -0.2) is 31.7 Å². The van der Waals surface area contributed by atoms with Crippen molar-refractivity contribution >= 4 is 15.9 Å². The normalized spacial score (nSPS) is 18.9. The highest BCUT2D eigenvalue weighted by Crippen LogP contribution is 2.27. The molecule has 1 heterocycles. The van der Waals surface area contributed by atoms with Gasteiger partial charge in [0.1, 0.15) is 5.82 Å². The summed E-state index contributed by atoms with van der Waals surface area (Å²) in [4.78, 5) is 12.9. The quantitative estimate of drug-likeness (QED) is 0.759. The summed E-state index contributed by atoms with van der Waals surface area (Å²) in [5.74, 6) is -0.703. The second-order valence-electron chi connectivity index (χ2n) is 8.60. The molecular weight excluding hydrogens is 415 g/mol. The van der Waals surface area contributed by atoms with Crippen LogP contribution in [-0.2, 0) is 27.7 Å². The van der Waals surface area contributed by atoms with Gasteiger partial charge in [0.05, 0.1) is 10.9 Å². The molecule has 0 radical (unpaired) electrons. The first-order valence-corrected chi connectivity index (χ1v) is 12.5. The van der Waals surface area contributed by atoms with E-state index in [1.165, 1.54) is 40.4 Å². The van der Waals surface area contributed by atoms with Gasteiger partial charge in [-0.25, -0.2) is 12.8 Å². The molecule has 7 heteroatoms. The molecule has 1 amide bonds. The Balaban J connectivity index is 1.34. The van der Waals surface area contributed by atoms with Gasteiger partial charge in [0.25, 0.3) is 0 Å². The molecule has 2 aromatic carbocycles. The lowest BCUT2D eigenvalue weighted by Gasteiger charge is -2.31. The van der Waals surface area contributed by atoms with Crippen LogP contribution >= 0.6 is 0 Å². The lowest BCUT2D eigenvalue weighted by molar-refractivity contribution is -0.126. The Kier molecular flexibility index (Phi) is 6.44. The summed E-state index contributed by atoms with van der Waals surface area (Å²) >= 11 is 0. The number of piperidine rings is 1. The zero-order chi connectivity index (χ0) is 22.0. The number of carbonyl (C=O) groups is 1. The van der Waals surface area contributed by atoms with Crippen LogP contribution in [0.15, 0.2) is 47.4 Å². The third kappa shape index (κ3) is 4.83. The Morgan fingerprint density at radius 3 is 2.35 bits per heavy atom. The molecule has 1 aliphatic heterocycles. The molecule has 0 aromatic heterocycles. The molecule has 2 aliphatic rings. The average Bonchev–Trinajstić information content (AvgIpc) is 2.79. The van der Waals surface area contributed by atoms with Gasteiger partial charge in [-0.05, 0) is 86.4 Å². The number of nitrogens with zero attached hydrogens (tertiary/aromatic N) is 1. The van der Waals surface area contributed by atoms with E-state index >= 15 is 0 Å². The molecule has 31 heavy (non-hydrogen) atoms. The summed E-state index contributed by atoms with van der Waals surface area (Å²) in [7, 11) is -3.67. The Morgan fingerprint density at radius 2 is 1.68 bits per heavy atom. The van der Waals surface area contributed by atoms with Crippen LogP contribution in [0.2, 0.25) is 0 Å². The van der Waals surface area contributed by atoms with Crippen molar-refractivity contribution < 1.29 is 17.6 Å². The molecule has 2 aromatic rings. The number of rotatable bonds is 5. The van der Waals surface area contributed by atoms with Gasteiger partial charge in [0.2, 0.25) is 15.9 Å². The summed E-state index contributed by atoms with van der Waals surface area (Å²) in [6.45, 7) is 2.56. The number of nitrogens with one attached hydrogen (secondary N) is 1. The first kappa shape index (κ1) is 22.0. The molecule has 0 bridgehead atoms. The third-order valence-electron chi connectivity index (χ3n) is 6.51. The number of halogens is 1. The molecule has 1 atom stereocenters. The van der Waals surface area contributed by atoms with Crippen LogP contribution < -0.4 is 5.32 Å². The van der Waals surface area contributed by atoms with Crippen molar-refractivity contribution in [1.82, 2.24) is 9.62 Å². The minimum atomic E-state index is -3.67. The summed E-state index contributed by atoms with van der Waals surface area (Å²) in [5.41, 5.74) is 3.93. The standard InChI is InChI=1S/C24H29FN2O3S/c1-17(20-7-6-18-4-2-3-5-21(18)16-20)26-24(28)19-12-14-27(15-13-19)31(29,30)23-10-8-22(25)9-11-23/h6-11,16-17,19H,2-5,12-15H2,1H3,(H,26,28)/t17-/m1/s1. The molecular formula is C24H29FN2O3S. The van der Waals surface area contributed by atoms with E-state index < -0.39 is 15.8 Å². The van der Waals surface area contributed by atoms with Crippen molar-refractivity contribution in [2.75, 3.05) is 13.1 Å². The second-order valence-corrected chi connectivity index (χ2v) is 10.5. The molecule has 4 rings (SSSR count). The van der Waals surface area contributed by atoms with Gasteiger partial charge in [-0.1, -0.05) is 18.2 Å². The molecule has 5 nitrogen and oxygen atoms in total. The third-order valence-corrected chi connectivity index (χ3v) is 8.42. The predicted molar refractivity (Wildman–Crippen MR) is 118 cm³/mol. The maximum Gasteiger partial charge on any atom is 0.243 e. The van der Waals surface area contributed by atoms with E-state index in [1.54, 1.807) is 0 Å². The van der Waals surface area contributed by atoms with Crippen LogP contribution in [0.5, 0.6) is 0 Å². The van der Waals surface area contributed by atoms with Gasteiger partial charge in [0.15, 0.2) is 0 Å². The largest absolute Gasteiger partial charge is 0.349 e. The van der Waals surface area contributed by atoms with Crippen LogP contribution in [0.25, 0.3) is 0 Å². The Morgan fingerprint density at radius 1 is 1.03 bits per heavy atom. The lowest BCUT2D eigenvalue weighted by atomic mass is 9.89. The number of benzene rings is 2. The first-order valence-electron chi connectivity index (χ1n) is 11.0. The Hall–Kier alpha value is -2.25. The van der Waals surface area contributed by atoms with Gasteiger partial charge < -0.3 is 5.32 Å². The summed E-state index contributed by atoms with van der Waals surface area (Å²) < 4.78 is 40.0. The smallest absolute Gasteiger partial charge is 0.243 e. The van der Waals surface area contributed by atoms with Crippen molar-refractivity contribution in [3.8, 4) is 0 Å². The van der Waals surface area contributed by atoms with Crippen LogP contribution in [0.3, 0.4) is 0 Å². The average molecular weight is 445 g/mol. The maximum atomic E-state index is 13.1. The molecule has 0 saturated carbocycles. The van der Waals surface area contributed by atoms with Crippen molar-refractivity contribution in [2.24, 2.45) is 5.92 Å². The van der Waals surface area contributed by atoms with E-state index in [9.17, 15) is 17.6 Å². The number of amides is 1. The molecule has 0 unspecified atom stereocenters. The van der Waals surface area contributed by atoms with Gasteiger partial charge in [-0.15, -0.1) is 0 Å². The van der Waals surface area contributed by atoms with Crippen LogP contribution in [0, 0.1) is 11.7 Å². The second kappa shape index (κ2) is 9.09. The van der Waals surface area contributed by atoms with Crippen molar-refractivity contribution in [3.05, 3.63) is 65.0 Å². The number of aryl methyl sites for hydroxylation is 2. The number of hydrogen-bond acceptors (Lipinski definition) is 3. The fourth-order valence-electron chi connectivity index (χ4n) is 4.55. The molecule has 0 spiro atoms. The zero-order valence-electron chi connectivity index (χ0n) is 17.8. The number of hydrogen-bond donors (Lipinski definition) is 1. The minimum absolute atomic E-state index is 0.0240. The topological polar surface area (TPSA) is 66.5 Å². The van der Waals surface area contributed by atoms with E-state index in [1.807, 2.05) is 6.92 Å². The van der Waals surface area contributed by atoms with E-state index in [0.717, 1.165) is 30.5 Å². The Bertz CT molecular complexity index is 1040. The predicted octanol–water partition coefficient (Wildman–Crippen LogP) is 3.98. The maximum absolute atomic E-state index is 13.1. The summed E-state index contributed by atoms with van der Waals surface area (Å²) in [6.07, 6.45) is 5.65. The fourth-order valence-corrected chi connectivity index (χ4v) is 6.02. The molecule has 1 aliphatic carbocycles. The molecule has 1 fully saturated rings. The Labute approximate surface area is 183 Å². The highest BCUT2D eigenvalue weighted by molar-refractivity contribution is 7.89. The number of fused-ring (bicyclic) bond motifs is 1. The summed E-state index contributed by atoms with van der Waals surface area (Å²) in [5, 5.41) is 3.12. The van der Waals surface area contributed by atoms with Crippen molar-refractivity contribution in [1.29, 1.82) is 0 Å². The number of sulfonamides is 1. The van der Waals surface area contributed by atoms with Crippen molar-refractivity contribution in [3.63, 3.8) is 0 Å². The number of carbonyl (C=O) groups excluding carboxylic acids is 1. The van der Waals surface area contributed by atoms with E-state index in [2.05, 4.69) is 23.5 Å². The van der Waals surface area contributed by atoms with Gasteiger partial charge >= 0.3 is 0 Å². The zero-order valence-corrected chi connectivity index (χ0v) is 18.6. The minimum Gasteiger partial charge on any atom is -0.349 e. The van der Waals surface area contributed by atoms with E-state index in [0.29, 0.717) is 12.8 Å². The highest BCUT2D eigenvalue weighted by Gasteiger charge is 2.32. The molecule has 1 saturated heterocycles. The first-order chi connectivity index (χ1) is 14.8. The fraction of sp³-hybridized carbons (Fsp3) is 0.458. The van der Waals surface area contributed by atoms with Gasteiger partial charge in [0, 0.05) is 19.0 Å².